The van der Waals surface area contributed by atoms with Gasteiger partial charge in [-0.05, 0) is 23.8 Å². The Kier molecular flexibility index (Phi) is 4.36. The largest absolute Gasteiger partial charge is 0.496 e. The summed E-state index contributed by atoms with van der Waals surface area (Å²) in [6.45, 7) is 4.26. The first kappa shape index (κ1) is 14.9. The minimum Gasteiger partial charge on any atom is -0.496 e. The standard InChI is InChI=1S/C17H20ClNO/c1-17(2,12-7-5-4-6-8-12)16(19)14-11-13(18)9-10-15(14)20-3/h4-11,16H,19H2,1-3H3. The van der Waals surface area contributed by atoms with E-state index >= 15 is 0 Å². The number of halogens is 1. The minimum absolute atomic E-state index is 0.210. The van der Waals surface area contributed by atoms with Gasteiger partial charge in [0.05, 0.1) is 7.11 Å². The van der Waals surface area contributed by atoms with E-state index in [0.717, 1.165) is 11.3 Å². The van der Waals surface area contributed by atoms with Gasteiger partial charge in [0.2, 0.25) is 0 Å². The second kappa shape index (κ2) is 5.86. The summed E-state index contributed by atoms with van der Waals surface area (Å²) >= 11 is 6.10. The van der Waals surface area contributed by atoms with Crippen molar-refractivity contribution in [1.29, 1.82) is 0 Å². The molecule has 0 bridgehead atoms. The van der Waals surface area contributed by atoms with Crippen molar-refractivity contribution in [2.24, 2.45) is 5.73 Å². The summed E-state index contributed by atoms with van der Waals surface area (Å²) in [5.74, 6) is 0.769. The van der Waals surface area contributed by atoms with Crippen molar-refractivity contribution in [2.75, 3.05) is 7.11 Å². The SMILES string of the molecule is COc1ccc(Cl)cc1C(N)C(C)(C)c1ccccc1. The van der Waals surface area contributed by atoms with Crippen molar-refractivity contribution in [3.8, 4) is 5.75 Å². The summed E-state index contributed by atoms with van der Waals surface area (Å²) in [6, 6.07) is 15.6. The normalized spacial score (nSPS) is 13.1. The van der Waals surface area contributed by atoms with Crippen LogP contribution in [0, 0.1) is 0 Å². The number of benzene rings is 2. The Morgan fingerprint density at radius 1 is 1.10 bits per heavy atom. The molecule has 2 aromatic carbocycles. The zero-order valence-electron chi connectivity index (χ0n) is 12.1. The maximum absolute atomic E-state index is 6.51. The van der Waals surface area contributed by atoms with Crippen molar-refractivity contribution in [2.45, 2.75) is 25.3 Å². The smallest absolute Gasteiger partial charge is 0.123 e. The van der Waals surface area contributed by atoms with Crippen molar-refractivity contribution in [3.63, 3.8) is 0 Å². The average Bonchev–Trinajstić information content (AvgIpc) is 2.47. The van der Waals surface area contributed by atoms with E-state index in [-0.39, 0.29) is 11.5 Å². The summed E-state index contributed by atoms with van der Waals surface area (Å²) < 4.78 is 5.41. The third-order valence-corrected chi connectivity index (χ3v) is 4.06. The molecule has 0 amide bonds. The van der Waals surface area contributed by atoms with Crippen molar-refractivity contribution < 1.29 is 4.74 Å². The zero-order valence-corrected chi connectivity index (χ0v) is 12.8. The van der Waals surface area contributed by atoms with E-state index in [1.165, 1.54) is 5.56 Å². The molecule has 0 heterocycles. The Morgan fingerprint density at radius 2 is 1.75 bits per heavy atom. The molecule has 20 heavy (non-hydrogen) atoms. The summed E-state index contributed by atoms with van der Waals surface area (Å²) in [5.41, 5.74) is 8.40. The van der Waals surface area contributed by atoms with Crippen LogP contribution in [0.1, 0.15) is 31.0 Å². The van der Waals surface area contributed by atoms with Gasteiger partial charge in [-0.1, -0.05) is 55.8 Å². The fourth-order valence-corrected chi connectivity index (χ4v) is 2.56. The van der Waals surface area contributed by atoms with E-state index in [2.05, 4.69) is 26.0 Å². The lowest BCUT2D eigenvalue weighted by Crippen LogP contribution is -2.33. The van der Waals surface area contributed by atoms with Crippen LogP contribution >= 0.6 is 11.6 Å². The van der Waals surface area contributed by atoms with Crippen LogP contribution in [0.3, 0.4) is 0 Å². The molecule has 0 saturated heterocycles. The lowest BCUT2D eigenvalue weighted by Gasteiger charge is -2.33. The molecule has 0 aliphatic carbocycles. The minimum atomic E-state index is -0.223. The van der Waals surface area contributed by atoms with Crippen molar-refractivity contribution in [3.05, 3.63) is 64.7 Å². The van der Waals surface area contributed by atoms with Crippen molar-refractivity contribution in [1.82, 2.24) is 0 Å². The van der Waals surface area contributed by atoms with E-state index in [4.69, 9.17) is 22.1 Å². The lowest BCUT2D eigenvalue weighted by atomic mass is 9.75. The Balaban J connectivity index is 2.45. The van der Waals surface area contributed by atoms with Crippen LogP contribution in [-0.4, -0.2) is 7.11 Å². The molecule has 1 unspecified atom stereocenters. The van der Waals surface area contributed by atoms with E-state index in [0.29, 0.717) is 5.02 Å². The molecule has 106 valence electrons. The van der Waals surface area contributed by atoms with Gasteiger partial charge in [0.15, 0.2) is 0 Å². The summed E-state index contributed by atoms with van der Waals surface area (Å²) in [7, 11) is 1.65. The number of hydrogen-bond donors (Lipinski definition) is 1. The van der Waals surface area contributed by atoms with Crippen LogP contribution in [0.2, 0.25) is 5.02 Å². The topological polar surface area (TPSA) is 35.2 Å². The maximum atomic E-state index is 6.51. The van der Waals surface area contributed by atoms with Crippen LogP contribution in [0.25, 0.3) is 0 Å². The highest BCUT2D eigenvalue weighted by Gasteiger charge is 2.31. The molecule has 2 aromatic rings. The van der Waals surface area contributed by atoms with Crippen LogP contribution < -0.4 is 10.5 Å². The van der Waals surface area contributed by atoms with Gasteiger partial charge >= 0.3 is 0 Å². The molecule has 3 heteroatoms. The molecule has 2 rings (SSSR count). The second-order valence-electron chi connectivity index (χ2n) is 5.45. The Bertz CT molecular complexity index is 581. The van der Waals surface area contributed by atoms with Gasteiger partial charge in [0, 0.05) is 22.0 Å². The maximum Gasteiger partial charge on any atom is 0.123 e. The highest BCUT2D eigenvalue weighted by molar-refractivity contribution is 6.30. The second-order valence-corrected chi connectivity index (χ2v) is 5.89. The van der Waals surface area contributed by atoms with Gasteiger partial charge in [0.1, 0.15) is 5.75 Å². The van der Waals surface area contributed by atoms with E-state index < -0.39 is 0 Å². The highest BCUT2D eigenvalue weighted by atomic mass is 35.5. The predicted octanol–water partition coefficient (Wildman–Crippen LogP) is 4.33. The number of ether oxygens (including phenoxy) is 1. The molecular formula is C17H20ClNO. The quantitative estimate of drug-likeness (QED) is 0.909. The molecular weight excluding hydrogens is 270 g/mol. The third-order valence-electron chi connectivity index (χ3n) is 3.82. The van der Waals surface area contributed by atoms with Crippen LogP contribution in [0.5, 0.6) is 5.75 Å². The predicted molar refractivity (Wildman–Crippen MR) is 84.4 cm³/mol. The van der Waals surface area contributed by atoms with Crippen LogP contribution in [0.15, 0.2) is 48.5 Å². The highest BCUT2D eigenvalue weighted by Crippen LogP contribution is 2.39. The molecule has 2 nitrogen and oxygen atoms in total. The monoisotopic (exact) mass is 289 g/mol. The van der Waals surface area contributed by atoms with E-state index in [1.54, 1.807) is 7.11 Å². The van der Waals surface area contributed by atoms with Gasteiger partial charge in [0.25, 0.3) is 0 Å². The van der Waals surface area contributed by atoms with Crippen LogP contribution in [-0.2, 0) is 5.41 Å². The van der Waals surface area contributed by atoms with Crippen LogP contribution in [0.4, 0.5) is 0 Å². The molecule has 0 aliphatic rings. The average molecular weight is 290 g/mol. The van der Waals surface area contributed by atoms with Gasteiger partial charge in [-0.3, -0.25) is 0 Å². The first-order valence-electron chi connectivity index (χ1n) is 6.61. The molecule has 2 N–H and O–H groups in total. The summed E-state index contributed by atoms with van der Waals surface area (Å²) in [6.07, 6.45) is 0. The number of nitrogens with two attached hydrogens (primary N) is 1. The number of hydrogen-bond acceptors (Lipinski definition) is 2. The van der Waals surface area contributed by atoms with Crippen molar-refractivity contribution >= 4 is 11.6 Å². The molecule has 0 spiro atoms. The first-order valence-corrected chi connectivity index (χ1v) is 6.99. The molecule has 0 saturated carbocycles. The summed E-state index contributed by atoms with van der Waals surface area (Å²) in [5, 5.41) is 0.667. The number of methoxy groups -OCH3 is 1. The van der Waals surface area contributed by atoms with Gasteiger partial charge in [-0.2, -0.15) is 0 Å². The molecule has 0 aromatic heterocycles. The van der Waals surface area contributed by atoms with E-state index in [1.807, 2.05) is 36.4 Å². The number of rotatable bonds is 4. The fourth-order valence-electron chi connectivity index (χ4n) is 2.38. The Morgan fingerprint density at radius 3 is 2.35 bits per heavy atom. The first-order chi connectivity index (χ1) is 9.46. The van der Waals surface area contributed by atoms with Gasteiger partial charge in [-0.15, -0.1) is 0 Å². The molecule has 0 aliphatic heterocycles. The summed E-state index contributed by atoms with van der Waals surface area (Å²) in [4.78, 5) is 0. The fraction of sp³-hybridized carbons (Fsp3) is 0.294. The molecule has 0 radical (unpaired) electrons. The Hall–Kier alpha value is -1.51. The van der Waals surface area contributed by atoms with Gasteiger partial charge < -0.3 is 10.5 Å². The Labute approximate surface area is 125 Å². The molecule has 0 fully saturated rings. The zero-order chi connectivity index (χ0) is 14.8. The molecule has 1 atom stereocenters. The third kappa shape index (κ3) is 2.82. The van der Waals surface area contributed by atoms with E-state index in [9.17, 15) is 0 Å². The lowest BCUT2D eigenvalue weighted by molar-refractivity contribution is 0.376. The van der Waals surface area contributed by atoms with Gasteiger partial charge in [-0.25, -0.2) is 0 Å².